The smallest absolute Gasteiger partial charge is 0.319 e. The molecule has 0 bridgehead atoms. The van der Waals surface area contributed by atoms with Gasteiger partial charge < -0.3 is 10.6 Å². The highest BCUT2D eigenvalue weighted by Crippen LogP contribution is 2.32. The van der Waals surface area contributed by atoms with Gasteiger partial charge >= 0.3 is 6.03 Å². The van der Waals surface area contributed by atoms with E-state index in [1.807, 2.05) is 12.1 Å². The van der Waals surface area contributed by atoms with Crippen LogP contribution in [0.5, 0.6) is 0 Å². The van der Waals surface area contributed by atoms with Gasteiger partial charge in [-0.05, 0) is 54.8 Å². The third-order valence-electron chi connectivity index (χ3n) is 3.72. The van der Waals surface area contributed by atoms with E-state index in [0.717, 1.165) is 18.4 Å². The van der Waals surface area contributed by atoms with Crippen molar-refractivity contribution in [1.29, 1.82) is 0 Å². The molecule has 0 saturated heterocycles. The molecular formula is C18H17ClN2O2. The molecule has 1 fully saturated rings. The van der Waals surface area contributed by atoms with Gasteiger partial charge in [0.15, 0.2) is 5.78 Å². The molecule has 23 heavy (non-hydrogen) atoms. The molecule has 1 saturated carbocycles. The SMILES string of the molecule is O=C(NCc1cccc(Cl)c1)Nc1ccc(C(=O)C2CC2)cc1. The number of halogens is 1. The molecule has 0 aromatic heterocycles. The molecule has 2 aromatic rings. The molecule has 2 amide bonds. The summed E-state index contributed by atoms with van der Waals surface area (Å²) < 4.78 is 0. The maximum Gasteiger partial charge on any atom is 0.319 e. The molecule has 5 heteroatoms. The standard InChI is InChI=1S/C18H17ClN2O2/c19-15-3-1-2-12(10-15)11-20-18(23)21-16-8-6-14(7-9-16)17(22)13-4-5-13/h1-3,6-10,13H,4-5,11H2,(H2,20,21,23). The van der Waals surface area contributed by atoms with Crippen LogP contribution in [0.25, 0.3) is 0 Å². The van der Waals surface area contributed by atoms with Gasteiger partial charge in [-0.1, -0.05) is 23.7 Å². The van der Waals surface area contributed by atoms with Crippen LogP contribution in [0.15, 0.2) is 48.5 Å². The van der Waals surface area contributed by atoms with Gasteiger partial charge in [-0.3, -0.25) is 4.79 Å². The van der Waals surface area contributed by atoms with Crippen LogP contribution >= 0.6 is 11.6 Å². The van der Waals surface area contributed by atoms with Crippen molar-refractivity contribution >= 4 is 29.1 Å². The topological polar surface area (TPSA) is 58.2 Å². The molecule has 2 N–H and O–H groups in total. The van der Waals surface area contributed by atoms with Crippen LogP contribution in [0.2, 0.25) is 5.02 Å². The first-order chi connectivity index (χ1) is 11.1. The number of rotatable bonds is 5. The Morgan fingerprint density at radius 2 is 1.83 bits per heavy atom. The van der Waals surface area contributed by atoms with Gasteiger partial charge in [0.1, 0.15) is 0 Å². The lowest BCUT2D eigenvalue weighted by Crippen LogP contribution is -2.28. The Labute approximate surface area is 139 Å². The van der Waals surface area contributed by atoms with E-state index in [2.05, 4.69) is 10.6 Å². The van der Waals surface area contributed by atoms with Gasteiger partial charge in [0.2, 0.25) is 0 Å². The maximum absolute atomic E-state index is 11.9. The van der Waals surface area contributed by atoms with Crippen LogP contribution in [0.4, 0.5) is 10.5 Å². The molecular weight excluding hydrogens is 312 g/mol. The lowest BCUT2D eigenvalue weighted by atomic mass is 10.1. The predicted octanol–water partition coefficient (Wildman–Crippen LogP) is 4.25. The first kappa shape index (κ1) is 15.6. The first-order valence-corrected chi connectivity index (χ1v) is 7.93. The third-order valence-corrected chi connectivity index (χ3v) is 3.95. The van der Waals surface area contributed by atoms with Gasteiger partial charge in [0.25, 0.3) is 0 Å². The molecule has 0 unspecified atom stereocenters. The van der Waals surface area contributed by atoms with Crippen molar-refractivity contribution < 1.29 is 9.59 Å². The zero-order chi connectivity index (χ0) is 16.2. The van der Waals surface area contributed by atoms with E-state index < -0.39 is 0 Å². The Balaban J connectivity index is 1.52. The van der Waals surface area contributed by atoms with E-state index in [-0.39, 0.29) is 17.7 Å². The molecule has 1 aliphatic carbocycles. The highest BCUT2D eigenvalue weighted by Gasteiger charge is 2.30. The van der Waals surface area contributed by atoms with Crippen LogP contribution in [0, 0.1) is 5.92 Å². The second-order valence-electron chi connectivity index (χ2n) is 5.65. The molecule has 2 aromatic carbocycles. The Kier molecular flexibility index (Phi) is 4.63. The average molecular weight is 329 g/mol. The number of urea groups is 1. The summed E-state index contributed by atoms with van der Waals surface area (Å²) in [6, 6.07) is 14.0. The fourth-order valence-electron chi connectivity index (χ4n) is 2.30. The van der Waals surface area contributed by atoms with E-state index in [9.17, 15) is 9.59 Å². The Morgan fingerprint density at radius 1 is 1.09 bits per heavy atom. The minimum absolute atomic E-state index is 0.196. The van der Waals surface area contributed by atoms with Gasteiger partial charge in [-0.15, -0.1) is 0 Å². The number of hydrogen-bond acceptors (Lipinski definition) is 2. The summed E-state index contributed by atoms with van der Waals surface area (Å²) in [7, 11) is 0. The predicted molar refractivity (Wildman–Crippen MR) is 90.8 cm³/mol. The van der Waals surface area contributed by atoms with Crippen molar-refractivity contribution in [3.05, 3.63) is 64.7 Å². The van der Waals surface area contributed by atoms with Crippen molar-refractivity contribution in [1.82, 2.24) is 5.32 Å². The third kappa shape index (κ3) is 4.33. The zero-order valence-corrected chi connectivity index (χ0v) is 13.3. The second kappa shape index (κ2) is 6.84. The molecule has 0 aliphatic heterocycles. The first-order valence-electron chi connectivity index (χ1n) is 7.55. The molecule has 118 valence electrons. The number of anilines is 1. The highest BCUT2D eigenvalue weighted by molar-refractivity contribution is 6.30. The zero-order valence-electron chi connectivity index (χ0n) is 12.5. The minimum atomic E-state index is -0.300. The number of amides is 2. The van der Waals surface area contributed by atoms with Crippen molar-refractivity contribution in [2.45, 2.75) is 19.4 Å². The number of hydrogen-bond donors (Lipinski definition) is 2. The normalized spacial score (nSPS) is 13.4. The van der Waals surface area contributed by atoms with Crippen molar-refractivity contribution in [3.63, 3.8) is 0 Å². The number of carbonyl (C=O) groups is 2. The van der Waals surface area contributed by atoms with Crippen LogP contribution in [-0.2, 0) is 6.54 Å². The number of ketones is 1. The van der Waals surface area contributed by atoms with Crippen molar-refractivity contribution in [2.24, 2.45) is 5.92 Å². The van der Waals surface area contributed by atoms with Crippen LogP contribution in [0.3, 0.4) is 0 Å². The van der Waals surface area contributed by atoms with Gasteiger partial charge in [-0.2, -0.15) is 0 Å². The molecule has 0 spiro atoms. The number of benzene rings is 2. The lowest BCUT2D eigenvalue weighted by Gasteiger charge is -2.08. The maximum atomic E-state index is 11.9. The van der Waals surface area contributed by atoms with Crippen LogP contribution in [0.1, 0.15) is 28.8 Å². The summed E-state index contributed by atoms with van der Waals surface area (Å²) in [6.07, 6.45) is 1.98. The van der Waals surface area contributed by atoms with E-state index in [1.54, 1.807) is 36.4 Å². The van der Waals surface area contributed by atoms with E-state index in [1.165, 1.54) is 0 Å². The summed E-state index contributed by atoms with van der Waals surface area (Å²) in [5.41, 5.74) is 2.29. The summed E-state index contributed by atoms with van der Waals surface area (Å²) in [5, 5.41) is 6.15. The van der Waals surface area contributed by atoms with E-state index in [4.69, 9.17) is 11.6 Å². The quantitative estimate of drug-likeness (QED) is 0.806. The Hall–Kier alpha value is -2.33. The number of carbonyl (C=O) groups excluding carboxylic acids is 2. The van der Waals surface area contributed by atoms with Crippen LogP contribution in [-0.4, -0.2) is 11.8 Å². The van der Waals surface area contributed by atoms with Crippen molar-refractivity contribution in [3.8, 4) is 0 Å². The van der Waals surface area contributed by atoms with Gasteiger partial charge in [0, 0.05) is 28.7 Å². The summed E-state index contributed by atoms with van der Waals surface area (Å²) in [6.45, 7) is 0.393. The minimum Gasteiger partial charge on any atom is -0.334 e. The number of nitrogens with one attached hydrogen (secondary N) is 2. The Bertz CT molecular complexity index is 724. The summed E-state index contributed by atoms with van der Waals surface area (Å²) >= 11 is 5.90. The van der Waals surface area contributed by atoms with E-state index >= 15 is 0 Å². The van der Waals surface area contributed by atoms with Crippen molar-refractivity contribution in [2.75, 3.05) is 5.32 Å². The lowest BCUT2D eigenvalue weighted by molar-refractivity contribution is 0.0967. The van der Waals surface area contributed by atoms with Gasteiger partial charge in [-0.25, -0.2) is 4.79 Å². The molecule has 3 rings (SSSR count). The largest absolute Gasteiger partial charge is 0.334 e. The summed E-state index contributed by atoms with van der Waals surface area (Å²) in [4.78, 5) is 23.8. The fraction of sp³-hybridized carbons (Fsp3) is 0.222. The molecule has 1 aliphatic rings. The fourth-order valence-corrected chi connectivity index (χ4v) is 2.52. The second-order valence-corrected chi connectivity index (χ2v) is 6.09. The molecule has 0 heterocycles. The Morgan fingerprint density at radius 3 is 2.48 bits per heavy atom. The monoisotopic (exact) mass is 328 g/mol. The van der Waals surface area contributed by atoms with Gasteiger partial charge in [0.05, 0.1) is 0 Å². The summed E-state index contributed by atoms with van der Waals surface area (Å²) in [5.74, 6) is 0.400. The molecule has 4 nitrogen and oxygen atoms in total. The molecule has 0 atom stereocenters. The van der Waals surface area contributed by atoms with Crippen LogP contribution < -0.4 is 10.6 Å². The average Bonchev–Trinajstić information content (AvgIpc) is 3.38. The highest BCUT2D eigenvalue weighted by atomic mass is 35.5. The van der Waals surface area contributed by atoms with E-state index in [0.29, 0.717) is 22.8 Å². The number of Topliss-reactive ketones (excluding diaryl/α,β-unsaturated/α-hetero) is 1. The molecule has 0 radical (unpaired) electrons.